The van der Waals surface area contributed by atoms with Crippen LogP contribution in [-0.2, 0) is 73.2 Å². The van der Waals surface area contributed by atoms with Crippen molar-refractivity contribution in [1.29, 1.82) is 0 Å². The molecule has 1 aromatic heterocycles. The number of esters is 5. The average Bonchev–Trinajstić information content (AvgIpc) is 3.44. The van der Waals surface area contributed by atoms with E-state index in [4.69, 9.17) is 42.6 Å². The molecule has 0 amide bonds. The predicted octanol–water partition coefficient (Wildman–Crippen LogP) is 0.0478. The van der Waals surface area contributed by atoms with Gasteiger partial charge in [-0.25, -0.2) is 9.59 Å². The number of hydrogen-bond donors (Lipinski definition) is 2. The molecule has 2 aliphatic heterocycles. The van der Waals surface area contributed by atoms with Gasteiger partial charge in [0, 0.05) is 40.1 Å². The second-order valence-electron chi connectivity index (χ2n) is 13.4. The summed E-state index contributed by atoms with van der Waals surface area (Å²) < 4.78 is 52.5. The Balaban J connectivity index is 1.75. The van der Waals surface area contributed by atoms with E-state index in [9.17, 15) is 38.7 Å². The Kier molecular flexibility index (Phi) is 13.9. The zero-order valence-corrected chi connectivity index (χ0v) is 30.7. The molecular weight excluding hydrogens is 720 g/mol. The summed E-state index contributed by atoms with van der Waals surface area (Å²) in [5.74, 6) is -4.58. The lowest BCUT2D eigenvalue weighted by Gasteiger charge is -2.44. The van der Waals surface area contributed by atoms with E-state index in [1.54, 1.807) is 51.1 Å². The van der Waals surface area contributed by atoms with Gasteiger partial charge in [-0.05, 0) is 26.3 Å². The molecule has 0 unspecified atom stereocenters. The van der Waals surface area contributed by atoms with Crippen LogP contribution >= 0.6 is 0 Å². The third-order valence-electron chi connectivity index (χ3n) is 8.19. The topological polar surface area (TPSA) is 244 Å². The van der Waals surface area contributed by atoms with Crippen LogP contribution in [0.3, 0.4) is 0 Å². The van der Waals surface area contributed by atoms with Crippen molar-refractivity contribution in [3.8, 4) is 0 Å². The zero-order valence-electron chi connectivity index (χ0n) is 30.7. The van der Waals surface area contributed by atoms with Crippen molar-refractivity contribution in [3.05, 3.63) is 69.0 Å². The zero-order chi connectivity index (χ0) is 39.9. The monoisotopic (exact) mass is 764 g/mol. The van der Waals surface area contributed by atoms with Crippen LogP contribution < -0.4 is 11.2 Å². The highest BCUT2D eigenvalue weighted by Crippen LogP contribution is 2.38. The summed E-state index contributed by atoms with van der Waals surface area (Å²) in [5, 5.41) is 10.7. The third kappa shape index (κ3) is 10.2. The van der Waals surface area contributed by atoms with Crippen LogP contribution in [0.5, 0.6) is 0 Å². The molecule has 19 nitrogen and oxygen atoms in total. The summed E-state index contributed by atoms with van der Waals surface area (Å²) in [4.78, 5) is 90.7. The number of ether oxygens (including phenoxy) is 9. The van der Waals surface area contributed by atoms with E-state index in [-0.39, 0.29) is 6.61 Å². The number of aliphatic hydroxyl groups excluding tert-OH is 1. The second kappa shape index (κ2) is 17.9. The fraction of sp³-hybridized carbons (Fsp3) is 0.571. The van der Waals surface area contributed by atoms with Gasteiger partial charge in [0.15, 0.2) is 43.0 Å². The Morgan fingerprint density at radius 2 is 1.44 bits per heavy atom. The molecule has 0 aliphatic carbocycles. The lowest BCUT2D eigenvalue weighted by Crippen LogP contribution is -2.65. The summed E-state index contributed by atoms with van der Waals surface area (Å²) in [7, 11) is 1.24. The number of aromatic amines is 1. The lowest BCUT2D eigenvalue weighted by molar-refractivity contribution is -0.320. The second-order valence-corrected chi connectivity index (χ2v) is 13.4. The Morgan fingerprint density at radius 1 is 0.833 bits per heavy atom. The largest absolute Gasteiger partial charge is 0.459 e. The Morgan fingerprint density at radius 3 is 2.00 bits per heavy atom. The van der Waals surface area contributed by atoms with Gasteiger partial charge >= 0.3 is 35.5 Å². The van der Waals surface area contributed by atoms with Gasteiger partial charge in [0.2, 0.25) is 0 Å². The number of benzene rings is 1. The van der Waals surface area contributed by atoms with Crippen LogP contribution in [0.25, 0.3) is 0 Å². The number of methoxy groups -OCH3 is 1. The highest BCUT2D eigenvalue weighted by Gasteiger charge is 2.58. The van der Waals surface area contributed by atoms with Crippen molar-refractivity contribution in [1.82, 2.24) is 9.55 Å². The lowest BCUT2D eigenvalue weighted by atomic mass is 9.96. The Labute approximate surface area is 308 Å². The minimum absolute atomic E-state index is 0.242. The van der Waals surface area contributed by atoms with E-state index >= 15 is 0 Å². The van der Waals surface area contributed by atoms with E-state index in [1.165, 1.54) is 7.11 Å². The standard InChI is InChI=1S/C35H44N2O17/c1-17(39)48-25-26(49-18(2)40)29(50-19(3)41)32(53-28(25)31(43)47-16-20-11-9-8-10-12-20)51-21(15-38)23-24(46-7)27(54-33(44)35(4,5)6)30(52-23)37-14-13-22(42)36-34(37)45/h8-14,21,23-30,32,38H,15-16H2,1-7H3,(H,36,42,45)/t21-,23-,24-,25+,26+,27-,28+,29+,30-,32+/m1/s1. The van der Waals surface area contributed by atoms with E-state index in [1.807, 2.05) is 0 Å². The summed E-state index contributed by atoms with van der Waals surface area (Å²) in [6, 6.07) is 9.59. The number of nitrogens with zero attached hydrogens (tertiary/aromatic N) is 1. The van der Waals surface area contributed by atoms with Gasteiger partial charge in [0.25, 0.3) is 5.56 Å². The number of rotatable bonds is 13. The highest BCUT2D eigenvalue weighted by molar-refractivity contribution is 5.77. The highest BCUT2D eigenvalue weighted by atomic mass is 16.8. The maximum Gasteiger partial charge on any atom is 0.339 e. The van der Waals surface area contributed by atoms with E-state index < -0.39 is 114 Å². The molecule has 0 spiro atoms. The van der Waals surface area contributed by atoms with E-state index in [0.717, 1.165) is 37.6 Å². The molecule has 19 heteroatoms. The van der Waals surface area contributed by atoms with Gasteiger partial charge in [0.05, 0.1) is 12.0 Å². The molecule has 2 aromatic rings. The maximum absolute atomic E-state index is 13.6. The number of hydrogen-bond acceptors (Lipinski definition) is 17. The first-order chi connectivity index (χ1) is 25.4. The first kappa shape index (κ1) is 41.8. The van der Waals surface area contributed by atoms with Gasteiger partial charge in [0.1, 0.15) is 24.9 Å². The summed E-state index contributed by atoms with van der Waals surface area (Å²) in [6.07, 6.45) is -14.9. The number of H-pyrrole nitrogens is 1. The molecule has 2 aliphatic rings. The van der Waals surface area contributed by atoms with Crippen molar-refractivity contribution in [2.45, 2.75) is 109 Å². The number of aliphatic hydroxyl groups is 1. The molecule has 0 saturated carbocycles. The van der Waals surface area contributed by atoms with Crippen molar-refractivity contribution in [2.24, 2.45) is 5.41 Å². The Bertz CT molecular complexity index is 1770. The van der Waals surface area contributed by atoms with Gasteiger partial charge in [-0.1, -0.05) is 30.3 Å². The minimum atomic E-state index is -1.87. The molecule has 10 atom stereocenters. The average molecular weight is 765 g/mol. The van der Waals surface area contributed by atoms with Crippen molar-refractivity contribution >= 4 is 29.8 Å². The molecule has 4 rings (SSSR count). The molecule has 2 N–H and O–H groups in total. The third-order valence-corrected chi connectivity index (χ3v) is 8.19. The minimum Gasteiger partial charge on any atom is -0.459 e. The van der Waals surface area contributed by atoms with E-state index in [0.29, 0.717) is 5.56 Å². The number of aromatic nitrogens is 2. The molecule has 0 bridgehead atoms. The molecule has 2 saturated heterocycles. The van der Waals surface area contributed by atoms with Crippen molar-refractivity contribution < 1.29 is 71.7 Å². The number of carbonyl (C=O) groups is 5. The predicted molar refractivity (Wildman–Crippen MR) is 179 cm³/mol. The summed E-state index contributed by atoms with van der Waals surface area (Å²) in [6.45, 7) is 6.70. The molecule has 1 aromatic carbocycles. The van der Waals surface area contributed by atoms with Crippen LogP contribution in [0.1, 0.15) is 53.3 Å². The molecule has 0 radical (unpaired) electrons. The first-order valence-corrected chi connectivity index (χ1v) is 16.8. The molecular formula is C35H44N2O17. The SMILES string of the molecule is CO[C@H]1[C@@H](OC(=O)C(C)(C)C)[C@H](n2ccc(=O)[nH]c2=O)O[C@@H]1[C@@H](CO)O[C@H]1O[C@H](C(=O)OCc2ccccc2)[C@@H](OC(C)=O)[C@H](OC(C)=O)[C@@H]1OC(C)=O. The smallest absolute Gasteiger partial charge is 0.339 e. The Hall–Kier alpha value is -4.95. The fourth-order valence-electron chi connectivity index (χ4n) is 5.79. The first-order valence-electron chi connectivity index (χ1n) is 16.8. The van der Waals surface area contributed by atoms with Gasteiger partial charge in [-0.2, -0.15) is 0 Å². The normalized spacial score (nSPS) is 27.3. The maximum atomic E-state index is 13.6. The van der Waals surface area contributed by atoms with E-state index in [2.05, 4.69) is 4.98 Å². The van der Waals surface area contributed by atoms with Crippen LogP contribution in [0, 0.1) is 5.41 Å². The van der Waals surface area contributed by atoms with Crippen LogP contribution in [0.15, 0.2) is 52.2 Å². The molecule has 3 heterocycles. The van der Waals surface area contributed by atoms with Crippen molar-refractivity contribution in [3.63, 3.8) is 0 Å². The van der Waals surface area contributed by atoms with Crippen LogP contribution in [0.2, 0.25) is 0 Å². The number of carbonyl (C=O) groups excluding carboxylic acids is 5. The van der Waals surface area contributed by atoms with Gasteiger partial charge in [-0.15, -0.1) is 0 Å². The molecule has 54 heavy (non-hydrogen) atoms. The van der Waals surface area contributed by atoms with Crippen molar-refractivity contribution in [2.75, 3.05) is 13.7 Å². The summed E-state index contributed by atoms with van der Waals surface area (Å²) >= 11 is 0. The molecule has 296 valence electrons. The number of nitrogens with one attached hydrogen (secondary N) is 1. The van der Waals surface area contributed by atoms with Crippen LogP contribution in [0.4, 0.5) is 0 Å². The van der Waals surface area contributed by atoms with Gasteiger partial charge in [-0.3, -0.25) is 33.5 Å². The quantitative estimate of drug-likeness (QED) is 0.202. The van der Waals surface area contributed by atoms with Crippen LogP contribution in [-0.4, -0.2) is 113 Å². The fourth-order valence-corrected chi connectivity index (χ4v) is 5.79. The molecule has 2 fully saturated rings. The van der Waals surface area contributed by atoms with Gasteiger partial charge < -0.3 is 47.7 Å². The summed E-state index contributed by atoms with van der Waals surface area (Å²) in [5.41, 5.74) is -2.09.